The van der Waals surface area contributed by atoms with Crippen molar-refractivity contribution in [2.75, 3.05) is 12.0 Å². The number of aryl methyl sites for hydroxylation is 1. The molecular formula is C24H19FN4O5S. The van der Waals surface area contributed by atoms with E-state index in [1.54, 1.807) is 42.7 Å². The molecule has 11 heteroatoms. The lowest BCUT2D eigenvalue weighted by atomic mass is 10.1. The molecule has 0 spiro atoms. The normalized spacial score (nSPS) is 14.9. The van der Waals surface area contributed by atoms with Gasteiger partial charge >= 0.3 is 0 Å². The topological polar surface area (TPSA) is 107 Å². The Kier molecular flexibility index (Phi) is 6.18. The Balaban J connectivity index is 1.81. The van der Waals surface area contributed by atoms with Gasteiger partial charge < -0.3 is 9.30 Å². The number of ether oxygens (including phenoxy) is 1. The molecule has 1 fully saturated rings. The summed E-state index contributed by atoms with van der Waals surface area (Å²) >= 11 is 5.12. The minimum atomic E-state index is -0.788. The molecule has 3 aromatic rings. The molecule has 2 heterocycles. The first-order valence-electron chi connectivity index (χ1n) is 10.3. The standard InChI is InChI=1S/C24H19FN4O5S/c1-13-10-15(14(2)27(13)20-9-8-16(34-3)12-21(20)29(32)33)11-17-22(30)26-24(35)28(23(17)31)19-7-5-4-6-18(19)25/h4-12H,1-3H3,(H,26,30,35)/b17-11+. The van der Waals surface area contributed by atoms with Crippen molar-refractivity contribution in [1.29, 1.82) is 0 Å². The Bertz CT molecular complexity index is 1450. The zero-order valence-electron chi connectivity index (χ0n) is 18.9. The van der Waals surface area contributed by atoms with Crippen LogP contribution in [0.1, 0.15) is 17.0 Å². The van der Waals surface area contributed by atoms with Crippen molar-refractivity contribution < 1.29 is 23.6 Å². The summed E-state index contributed by atoms with van der Waals surface area (Å²) in [6.07, 6.45) is 1.36. The fourth-order valence-electron chi connectivity index (χ4n) is 3.93. The van der Waals surface area contributed by atoms with E-state index in [-0.39, 0.29) is 22.1 Å². The number of nitrogens with zero attached hydrogens (tertiary/aromatic N) is 3. The highest BCUT2D eigenvalue weighted by Crippen LogP contribution is 2.32. The monoisotopic (exact) mass is 494 g/mol. The summed E-state index contributed by atoms with van der Waals surface area (Å²) in [5.74, 6) is -1.86. The summed E-state index contributed by atoms with van der Waals surface area (Å²) in [5, 5.41) is 13.9. The van der Waals surface area contributed by atoms with Crippen LogP contribution in [0.2, 0.25) is 0 Å². The third kappa shape index (κ3) is 4.17. The number of benzene rings is 2. The molecule has 9 nitrogen and oxygen atoms in total. The van der Waals surface area contributed by atoms with Gasteiger partial charge in [-0.25, -0.2) is 9.29 Å². The molecule has 0 saturated carbocycles. The number of nitrogens with one attached hydrogen (secondary N) is 1. The van der Waals surface area contributed by atoms with Gasteiger partial charge in [0.1, 0.15) is 22.8 Å². The first-order valence-corrected chi connectivity index (χ1v) is 10.7. The first kappa shape index (κ1) is 23.8. The number of nitro benzene ring substituents is 1. The van der Waals surface area contributed by atoms with Gasteiger partial charge in [-0.05, 0) is 68.0 Å². The Labute approximate surface area is 204 Å². The Hall–Kier alpha value is -4.38. The van der Waals surface area contributed by atoms with Crippen molar-refractivity contribution in [1.82, 2.24) is 9.88 Å². The lowest BCUT2D eigenvalue weighted by Gasteiger charge is -2.29. The zero-order chi connectivity index (χ0) is 25.4. The molecular weight excluding hydrogens is 475 g/mol. The Morgan fingerprint density at radius 2 is 1.83 bits per heavy atom. The van der Waals surface area contributed by atoms with Gasteiger partial charge in [0, 0.05) is 11.4 Å². The number of rotatable bonds is 5. The lowest BCUT2D eigenvalue weighted by Crippen LogP contribution is -2.54. The highest BCUT2D eigenvalue weighted by Gasteiger charge is 2.36. The van der Waals surface area contributed by atoms with Crippen molar-refractivity contribution in [2.24, 2.45) is 0 Å². The molecule has 0 radical (unpaired) electrons. The summed E-state index contributed by atoms with van der Waals surface area (Å²) in [4.78, 5) is 38.0. The van der Waals surface area contributed by atoms with Gasteiger partial charge in [-0.3, -0.25) is 25.0 Å². The number of para-hydroxylation sites is 1. The number of carbonyl (C=O) groups excluding carboxylic acids is 2. The van der Waals surface area contributed by atoms with E-state index in [2.05, 4.69) is 5.32 Å². The smallest absolute Gasteiger partial charge is 0.296 e. The molecule has 1 N–H and O–H groups in total. The number of nitro groups is 1. The predicted molar refractivity (Wildman–Crippen MR) is 131 cm³/mol. The number of aromatic nitrogens is 1. The Morgan fingerprint density at radius 1 is 1.11 bits per heavy atom. The van der Waals surface area contributed by atoms with Crippen LogP contribution >= 0.6 is 12.2 Å². The van der Waals surface area contributed by atoms with Crippen molar-refractivity contribution in [2.45, 2.75) is 13.8 Å². The average molecular weight is 495 g/mol. The largest absolute Gasteiger partial charge is 0.496 e. The van der Waals surface area contributed by atoms with E-state index >= 15 is 0 Å². The highest BCUT2D eigenvalue weighted by molar-refractivity contribution is 7.80. The summed E-state index contributed by atoms with van der Waals surface area (Å²) < 4.78 is 21.1. The molecule has 1 aromatic heterocycles. The second kappa shape index (κ2) is 9.11. The van der Waals surface area contributed by atoms with Gasteiger partial charge in [-0.1, -0.05) is 12.1 Å². The third-order valence-electron chi connectivity index (χ3n) is 5.59. The number of hydrogen-bond donors (Lipinski definition) is 1. The number of hydrogen-bond acceptors (Lipinski definition) is 6. The van der Waals surface area contributed by atoms with E-state index in [4.69, 9.17) is 17.0 Å². The first-order chi connectivity index (χ1) is 16.6. The van der Waals surface area contributed by atoms with Crippen LogP contribution in [-0.2, 0) is 9.59 Å². The number of halogens is 1. The van der Waals surface area contributed by atoms with Crippen molar-refractivity contribution in [3.63, 3.8) is 0 Å². The van der Waals surface area contributed by atoms with Crippen molar-refractivity contribution >= 4 is 46.6 Å². The Morgan fingerprint density at radius 3 is 2.49 bits per heavy atom. The molecule has 1 aliphatic rings. The van der Waals surface area contributed by atoms with Gasteiger partial charge in [0.05, 0.1) is 23.8 Å². The minimum absolute atomic E-state index is 0.0901. The van der Waals surface area contributed by atoms with Crippen LogP contribution < -0.4 is 15.0 Å². The van der Waals surface area contributed by atoms with Gasteiger partial charge in [-0.15, -0.1) is 0 Å². The summed E-state index contributed by atoms with van der Waals surface area (Å²) in [5.41, 5.74) is 1.44. The molecule has 0 aliphatic carbocycles. The maximum atomic E-state index is 14.4. The van der Waals surface area contributed by atoms with Crippen molar-refractivity contribution in [3.05, 3.63) is 87.0 Å². The molecule has 2 amide bonds. The van der Waals surface area contributed by atoms with Crippen LogP contribution in [-0.4, -0.2) is 33.5 Å². The second-order valence-corrected chi connectivity index (χ2v) is 8.07. The van der Waals surface area contributed by atoms with Gasteiger partial charge in [0.25, 0.3) is 17.5 Å². The number of amides is 2. The SMILES string of the molecule is COc1ccc(-n2c(C)cc(/C=C3\C(=O)NC(=S)N(c4ccccc4F)C3=O)c2C)c([N+](=O)[O-])c1. The third-order valence-corrected chi connectivity index (χ3v) is 5.87. The zero-order valence-corrected chi connectivity index (χ0v) is 19.7. The maximum Gasteiger partial charge on any atom is 0.296 e. The molecule has 1 aliphatic heterocycles. The predicted octanol–water partition coefficient (Wildman–Crippen LogP) is 3.98. The van der Waals surface area contributed by atoms with Crippen molar-refractivity contribution in [3.8, 4) is 11.4 Å². The quantitative estimate of drug-likeness (QED) is 0.189. The molecule has 4 rings (SSSR count). The van der Waals surface area contributed by atoms with Gasteiger partial charge in [0.2, 0.25) is 0 Å². The van der Waals surface area contributed by atoms with E-state index in [9.17, 15) is 24.1 Å². The molecule has 0 atom stereocenters. The second-order valence-electron chi connectivity index (χ2n) is 7.68. The maximum absolute atomic E-state index is 14.4. The van der Waals surface area contributed by atoms with Crippen LogP contribution in [0.25, 0.3) is 11.8 Å². The fourth-order valence-corrected chi connectivity index (χ4v) is 4.21. The molecule has 0 bridgehead atoms. The molecule has 1 saturated heterocycles. The molecule has 35 heavy (non-hydrogen) atoms. The van der Waals surface area contributed by atoms with Crippen LogP contribution in [0.15, 0.2) is 54.1 Å². The van der Waals surface area contributed by atoms with E-state index in [1.807, 2.05) is 0 Å². The van der Waals surface area contributed by atoms with E-state index in [0.717, 1.165) is 4.90 Å². The van der Waals surface area contributed by atoms with Gasteiger partial charge in [-0.2, -0.15) is 0 Å². The van der Waals surface area contributed by atoms with Crippen LogP contribution in [0.5, 0.6) is 5.75 Å². The molecule has 178 valence electrons. The van der Waals surface area contributed by atoms with E-state index < -0.39 is 22.6 Å². The van der Waals surface area contributed by atoms with Crippen LogP contribution in [0, 0.1) is 29.8 Å². The summed E-state index contributed by atoms with van der Waals surface area (Å²) in [6, 6.07) is 11.7. The van der Waals surface area contributed by atoms with E-state index in [1.165, 1.54) is 37.5 Å². The minimum Gasteiger partial charge on any atom is -0.496 e. The number of methoxy groups -OCH3 is 1. The molecule has 0 unspecified atom stereocenters. The number of anilines is 1. The summed E-state index contributed by atoms with van der Waals surface area (Å²) in [7, 11) is 1.41. The lowest BCUT2D eigenvalue weighted by molar-refractivity contribution is -0.384. The summed E-state index contributed by atoms with van der Waals surface area (Å²) in [6.45, 7) is 3.45. The highest BCUT2D eigenvalue weighted by atomic mass is 32.1. The van der Waals surface area contributed by atoms with Crippen LogP contribution in [0.3, 0.4) is 0 Å². The van der Waals surface area contributed by atoms with Crippen LogP contribution in [0.4, 0.5) is 15.8 Å². The number of carbonyl (C=O) groups is 2. The average Bonchev–Trinajstić information content (AvgIpc) is 3.09. The fraction of sp³-hybridized carbons (Fsp3) is 0.125. The van der Waals surface area contributed by atoms with Gasteiger partial charge in [0.15, 0.2) is 5.11 Å². The molecule has 2 aromatic carbocycles. The number of thiocarbonyl (C=S) groups is 1. The van der Waals surface area contributed by atoms with E-state index in [0.29, 0.717) is 28.4 Å².